The van der Waals surface area contributed by atoms with E-state index in [0.29, 0.717) is 12.8 Å². The van der Waals surface area contributed by atoms with Crippen LogP contribution in [-0.4, -0.2) is 99.6 Å². The first-order chi connectivity index (χ1) is 40.7. The molecule has 1 saturated heterocycles. The predicted molar refractivity (Wildman–Crippen MR) is 347 cm³/mol. The Morgan fingerprint density at radius 3 is 1.28 bits per heavy atom. The summed E-state index contributed by atoms with van der Waals surface area (Å²) in [6, 6.07) is -1.03. The van der Waals surface area contributed by atoms with E-state index in [2.05, 4.69) is 74.7 Å². The number of hydrogen-bond donors (Lipinski definition) is 6. The van der Waals surface area contributed by atoms with E-state index in [-0.39, 0.29) is 19.4 Å². The van der Waals surface area contributed by atoms with Crippen molar-refractivity contribution >= 4 is 11.9 Å². The zero-order valence-corrected chi connectivity index (χ0v) is 53.8. The number of aliphatic hydroxyl groups is 5. The molecule has 0 bridgehead atoms. The van der Waals surface area contributed by atoms with E-state index >= 15 is 0 Å². The second kappa shape index (κ2) is 59.7. The van der Waals surface area contributed by atoms with Gasteiger partial charge in [0.15, 0.2) is 12.4 Å². The van der Waals surface area contributed by atoms with Crippen molar-refractivity contribution in [2.24, 2.45) is 0 Å². The molecule has 1 aliphatic rings. The third kappa shape index (κ3) is 47.2. The Hall–Kier alpha value is -2.64. The SMILES string of the molecule is CCCCC/C=C\C/C=C\C/C=C\CCCCCCCCCCCCCCC(=O)OC1C(OCC(NC(=O)C(O)CCCCCCCCCC/C=C/CCCCCCCC)C(O)/C=C/CCCCCCCCCCC)OC(CO)C(O)C1O. The highest BCUT2D eigenvalue weighted by atomic mass is 16.7. The van der Waals surface area contributed by atoms with E-state index in [4.69, 9.17) is 14.2 Å². The van der Waals surface area contributed by atoms with Crippen molar-refractivity contribution in [1.82, 2.24) is 5.32 Å². The van der Waals surface area contributed by atoms with E-state index in [1.807, 2.05) is 6.08 Å². The lowest BCUT2D eigenvalue weighted by molar-refractivity contribution is -0.305. The highest BCUT2D eigenvalue weighted by Crippen LogP contribution is 2.26. The molecule has 0 saturated carbocycles. The molecule has 0 radical (unpaired) electrons. The van der Waals surface area contributed by atoms with Crippen LogP contribution in [0.5, 0.6) is 0 Å². The Morgan fingerprint density at radius 1 is 0.470 bits per heavy atom. The maximum absolute atomic E-state index is 13.5. The van der Waals surface area contributed by atoms with Gasteiger partial charge in [-0.25, -0.2) is 0 Å². The minimum Gasteiger partial charge on any atom is -0.454 e. The Bertz CT molecular complexity index is 1580. The number of carbonyl (C=O) groups is 2. The maximum Gasteiger partial charge on any atom is 0.306 e. The third-order valence-corrected chi connectivity index (χ3v) is 16.4. The second-order valence-corrected chi connectivity index (χ2v) is 24.3. The summed E-state index contributed by atoms with van der Waals surface area (Å²) in [6.07, 6.45) is 65.5. The first kappa shape index (κ1) is 78.4. The molecule has 0 aliphatic carbocycles. The van der Waals surface area contributed by atoms with Crippen LogP contribution in [0.15, 0.2) is 60.8 Å². The molecule has 1 amide bonds. The largest absolute Gasteiger partial charge is 0.454 e. The van der Waals surface area contributed by atoms with Gasteiger partial charge in [-0.2, -0.15) is 0 Å². The van der Waals surface area contributed by atoms with Crippen molar-refractivity contribution in [3.63, 3.8) is 0 Å². The van der Waals surface area contributed by atoms with Crippen LogP contribution in [0.1, 0.15) is 323 Å². The van der Waals surface area contributed by atoms with Gasteiger partial charge < -0.3 is 45.1 Å². The van der Waals surface area contributed by atoms with Gasteiger partial charge >= 0.3 is 5.97 Å². The molecule has 83 heavy (non-hydrogen) atoms. The summed E-state index contributed by atoms with van der Waals surface area (Å²) in [4.78, 5) is 26.6. The summed E-state index contributed by atoms with van der Waals surface area (Å²) < 4.78 is 17.7. The normalized spacial score (nSPS) is 18.9. The summed E-state index contributed by atoms with van der Waals surface area (Å²) in [5, 5.41) is 57.2. The molecule has 8 unspecified atom stereocenters. The minimum atomic E-state index is -1.62. The Morgan fingerprint density at radius 2 is 0.831 bits per heavy atom. The minimum absolute atomic E-state index is 0.121. The molecule has 8 atom stereocenters. The number of amides is 1. The quantitative estimate of drug-likeness (QED) is 0.0195. The van der Waals surface area contributed by atoms with Crippen LogP contribution in [0.2, 0.25) is 0 Å². The van der Waals surface area contributed by atoms with Crippen LogP contribution in [0.25, 0.3) is 0 Å². The fourth-order valence-electron chi connectivity index (χ4n) is 10.8. The molecule has 11 nitrogen and oxygen atoms in total. The number of nitrogens with one attached hydrogen (secondary N) is 1. The van der Waals surface area contributed by atoms with Crippen molar-refractivity contribution in [2.75, 3.05) is 13.2 Å². The lowest BCUT2D eigenvalue weighted by Crippen LogP contribution is -2.61. The molecule has 1 fully saturated rings. The number of ether oxygens (including phenoxy) is 3. The van der Waals surface area contributed by atoms with Crippen LogP contribution in [0.4, 0.5) is 0 Å². The summed E-state index contributed by atoms with van der Waals surface area (Å²) in [6.45, 7) is 5.78. The monoisotopic (exact) mass is 1170 g/mol. The molecule has 0 spiro atoms. The Labute approximate surface area is 509 Å². The van der Waals surface area contributed by atoms with Gasteiger partial charge in [0.05, 0.1) is 25.4 Å². The predicted octanol–water partition coefficient (Wildman–Crippen LogP) is 17.7. The highest BCUT2D eigenvalue weighted by molar-refractivity contribution is 5.80. The molecule has 484 valence electrons. The Kier molecular flexibility index (Phi) is 56.4. The number of rotatable bonds is 60. The van der Waals surface area contributed by atoms with Crippen LogP contribution in [0, 0.1) is 0 Å². The van der Waals surface area contributed by atoms with Crippen LogP contribution in [-0.2, 0) is 23.8 Å². The highest BCUT2D eigenvalue weighted by Gasteiger charge is 2.47. The van der Waals surface area contributed by atoms with E-state index in [0.717, 1.165) is 77.0 Å². The molecule has 0 aromatic rings. The van der Waals surface area contributed by atoms with Gasteiger partial charge in [-0.05, 0) is 89.9 Å². The number of hydrogen-bond acceptors (Lipinski definition) is 10. The second-order valence-electron chi connectivity index (χ2n) is 24.3. The molecule has 6 N–H and O–H groups in total. The van der Waals surface area contributed by atoms with Crippen molar-refractivity contribution in [1.29, 1.82) is 0 Å². The summed E-state index contributed by atoms with van der Waals surface area (Å²) in [5.41, 5.74) is 0. The van der Waals surface area contributed by atoms with E-state index < -0.39 is 67.4 Å². The number of aliphatic hydroxyl groups excluding tert-OH is 5. The number of carbonyl (C=O) groups excluding carboxylic acids is 2. The van der Waals surface area contributed by atoms with Gasteiger partial charge in [0, 0.05) is 6.42 Å². The van der Waals surface area contributed by atoms with Gasteiger partial charge in [0.2, 0.25) is 5.91 Å². The van der Waals surface area contributed by atoms with Crippen LogP contribution in [0.3, 0.4) is 0 Å². The number of esters is 1. The van der Waals surface area contributed by atoms with Gasteiger partial charge in [0.1, 0.15) is 24.4 Å². The third-order valence-electron chi connectivity index (χ3n) is 16.4. The van der Waals surface area contributed by atoms with E-state index in [1.165, 1.54) is 199 Å². The summed E-state index contributed by atoms with van der Waals surface area (Å²) in [5.74, 6) is -1.19. The Balaban J connectivity index is 2.56. The molecule has 0 aromatic carbocycles. The summed E-state index contributed by atoms with van der Waals surface area (Å²) in [7, 11) is 0. The molecule has 0 aromatic heterocycles. The molecule has 1 heterocycles. The first-order valence-electron chi connectivity index (χ1n) is 35.1. The topological polar surface area (TPSA) is 175 Å². The molecule has 1 rings (SSSR count). The average molecular weight is 1170 g/mol. The van der Waals surface area contributed by atoms with Gasteiger partial charge in [0.25, 0.3) is 0 Å². The fraction of sp³-hybridized carbons (Fsp3) is 0.833. The van der Waals surface area contributed by atoms with Crippen molar-refractivity contribution < 1.29 is 49.3 Å². The van der Waals surface area contributed by atoms with Gasteiger partial charge in [-0.15, -0.1) is 0 Å². The van der Waals surface area contributed by atoms with Gasteiger partial charge in [-0.3, -0.25) is 9.59 Å². The van der Waals surface area contributed by atoms with Crippen molar-refractivity contribution in [3.8, 4) is 0 Å². The standard InChI is InChI=1S/C72H131NO10/c1-4-7-10-13-16-19-22-24-26-28-30-31-32-33-34-35-36-38-40-42-45-48-51-54-57-60-67(77)83-70-69(79)68(78)66(61-74)82-72(70)81-62-63(64(75)58-55-52-49-46-43-21-18-15-12-9-6-3)73-71(80)65(76)59-56-53-50-47-44-41-39-37-29-27-25-23-20-17-14-11-8-5-2/h16,19,24-27,30-31,55,58,63-66,68-70,72,74-76,78-79H,4-15,17-18,20-23,28-29,32-54,56-57,59-62H2,1-3H3,(H,73,80)/b19-16-,26-24-,27-25+,31-30-,58-55+. The maximum atomic E-state index is 13.5. The van der Waals surface area contributed by atoms with Crippen LogP contribution >= 0.6 is 0 Å². The molecule has 1 aliphatic heterocycles. The zero-order chi connectivity index (χ0) is 60.3. The lowest BCUT2D eigenvalue weighted by Gasteiger charge is -2.41. The number of allylic oxidation sites excluding steroid dienone is 9. The van der Waals surface area contributed by atoms with Crippen molar-refractivity contribution in [2.45, 2.75) is 372 Å². The summed E-state index contributed by atoms with van der Waals surface area (Å²) >= 11 is 0. The molecular weight excluding hydrogens is 1040 g/mol. The van der Waals surface area contributed by atoms with E-state index in [1.54, 1.807) is 6.08 Å². The van der Waals surface area contributed by atoms with Crippen LogP contribution < -0.4 is 5.32 Å². The fourth-order valence-corrected chi connectivity index (χ4v) is 10.8. The first-order valence-corrected chi connectivity index (χ1v) is 35.1. The number of unbranched alkanes of at least 4 members (excludes halogenated alkanes) is 38. The molecule has 11 heteroatoms. The molecular formula is C72H131NO10. The van der Waals surface area contributed by atoms with Crippen molar-refractivity contribution in [3.05, 3.63) is 60.8 Å². The van der Waals surface area contributed by atoms with Gasteiger partial charge in [-0.1, -0.05) is 287 Å². The lowest BCUT2D eigenvalue weighted by atomic mass is 9.99. The van der Waals surface area contributed by atoms with E-state index in [9.17, 15) is 35.1 Å². The zero-order valence-electron chi connectivity index (χ0n) is 53.8. The smallest absolute Gasteiger partial charge is 0.306 e. The average Bonchev–Trinajstić information content (AvgIpc) is 3.67.